The fourth-order valence-corrected chi connectivity index (χ4v) is 2.02. The van der Waals surface area contributed by atoms with Crippen LogP contribution in [0, 0.1) is 0 Å². The summed E-state index contributed by atoms with van der Waals surface area (Å²) in [5.41, 5.74) is 0. The standard InChI is InChI=1S/C9H17NO4.ClH/c1-2-3-10-4-6(12)9(14)8(10)7(13)5-11;/h2,6-9,11-14H,1,3-5H2;1H/t6-,7-,8+,9-;/m1./s1. The Morgan fingerprint density at radius 2 is 2.07 bits per heavy atom. The third-order valence-electron chi connectivity index (χ3n) is 2.71. The van der Waals surface area contributed by atoms with Crippen molar-refractivity contribution in [2.75, 3.05) is 19.7 Å². The average Bonchev–Trinajstić information content (AvgIpc) is 2.43. The largest absolute Gasteiger partial charge is 1.00 e. The van der Waals surface area contributed by atoms with E-state index in [9.17, 15) is 15.3 Å². The first-order chi connectivity index (χ1) is 6.61. The van der Waals surface area contributed by atoms with Gasteiger partial charge in [-0.3, -0.25) is 0 Å². The highest BCUT2D eigenvalue weighted by atomic mass is 35.5. The molecular weight excluding hydrogens is 222 g/mol. The zero-order chi connectivity index (χ0) is 10.7. The van der Waals surface area contributed by atoms with Gasteiger partial charge in [-0.05, 0) is 6.08 Å². The summed E-state index contributed by atoms with van der Waals surface area (Å²) < 4.78 is 0. The number of quaternary nitrogens is 1. The van der Waals surface area contributed by atoms with Crippen molar-refractivity contribution in [3.63, 3.8) is 0 Å². The van der Waals surface area contributed by atoms with Crippen molar-refractivity contribution in [3.05, 3.63) is 12.7 Å². The molecule has 5 atom stereocenters. The maximum Gasteiger partial charge on any atom is 0.145 e. The molecule has 1 aliphatic rings. The summed E-state index contributed by atoms with van der Waals surface area (Å²) >= 11 is 0. The van der Waals surface area contributed by atoms with Gasteiger partial charge in [-0.25, -0.2) is 0 Å². The smallest absolute Gasteiger partial charge is 0.145 e. The topological polar surface area (TPSA) is 85.4 Å². The Hall–Kier alpha value is -0.170. The monoisotopic (exact) mass is 239 g/mol. The summed E-state index contributed by atoms with van der Waals surface area (Å²) in [7, 11) is 0. The molecule has 0 saturated carbocycles. The van der Waals surface area contributed by atoms with Gasteiger partial charge in [-0.2, -0.15) is 0 Å². The lowest BCUT2D eigenvalue weighted by atomic mass is 10.1. The molecule has 1 rings (SSSR count). The minimum atomic E-state index is -1.00. The molecule has 1 fully saturated rings. The highest BCUT2D eigenvalue weighted by Gasteiger charge is 2.46. The molecular formula is C9H18ClNO4. The van der Waals surface area contributed by atoms with Gasteiger partial charge >= 0.3 is 0 Å². The van der Waals surface area contributed by atoms with E-state index >= 15 is 0 Å². The third kappa shape index (κ3) is 3.14. The van der Waals surface area contributed by atoms with Crippen molar-refractivity contribution in [1.82, 2.24) is 0 Å². The number of rotatable bonds is 4. The number of hydrogen-bond acceptors (Lipinski definition) is 4. The zero-order valence-corrected chi connectivity index (χ0v) is 9.14. The van der Waals surface area contributed by atoms with Gasteiger partial charge in [0, 0.05) is 0 Å². The van der Waals surface area contributed by atoms with E-state index in [1.54, 1.807) is 6.08 Å². The van der Waals surface area contributed by atoms with Crippen LogP contribution in [0.3, 0.4) is 0 Å². The summed E-state index contributed by atoms with van der Waals surface area (Å²) in [6, 6.07) is -0.534. The Morgan fingerprint density at radius 1 is 1.47 bits per heavy atom. The molecule has 1 unspecified atom stereocenters. The van der Waals surface area contributed by atoms with Crippen molar-refractivity contribution >= 4 is 0 Å². The second-order valence-corrected chi connectivity index (χ2v) is 3.69. The lowest BCUT2D eigenvalue weighted by Gasteiger charge is -2.24. The van der Waals surface area contributed by atoms with Crippen molar-refractivity contribution < 1.29 is 37.7 Å². The molecule has 0 radical (unpaired) electrons. The molecule has 5 nitrogen and oxygen atoms in total. The molecule has 0 amide bonds. The van der Waals surface area contributed by atoms with Crippen LogP contribution in [0.15, 0.2) is 12.7 Å². The Kier molecular flexibility index (Phi) is 6.35. The maximum absolute atomic E-state index is 9.58. The number of aliphatic hydroxyl groups is 4. The predicted octanol–water partition coefficient (Wildman–Crippen LogP) is -6.48. The van der Waals surface area contributed by atoms with E-state index < -0.39 is 31.0 Å². The third-order valence-corrected chi connectivity index (χ3v) is 2.71. The summed E-state index contributed by atoms with van der Waals surface area (Å²) in [5.74, 6) is 0. The van der Waals surface area contributed by atoms with Gasteiger partial charge in [0.25, 0.3) is 0 Å². The molecule has 5 N–H and O–H groups in total. The van der Waals surface area contributed by atoms with Crippen LogP contribution in [0.4, 0.5) is 0 Å². The lowest BCUT2D eigenvalue weighted by molar-refractivity contribution is -0.913. The minimum absolute atomic E-state index is 0. The molecule has 0 spiro atoms. The van der Waals surface area contributed by atoms with Crippen LogP contribution in [0.5, 0.6) is 0 Å². The summed E-state index contributed by atoms with van der Waals surface area (Å²) in [4.78, 5) is 0.849. The van der Waals surface area contributed by atoms with Crippen molar-refractivity contribution in [1.29, 1.82) is 0 Å². The predicted molar refractivity (Wildman–Crippen MR) is 49.8 cm³/mol. The first-order valence-corrected chi connectivity index (χ1v) is 4.72. The highest BCUT2D eigenvalue weighted by molar-refractivity contribution is 4.86. The first-order valence-electron chi connectivity index (χ1n) is 4.72. The molecule has 0 aromatic rings. The quantitative estimate of drug-likeness (QED) is 0.316. The SMILES string of the molecule is C=CC[NH+]1C[C@@H](O)[C@@H](O)[C@@H]1[C@H](O)CO.[Cl-]. The van der Waals surface area contributed by atoms with E-state index in [0.29, 0.717) is 13.1 Å². The van der Waals surface area contributed by atoms with Crippen LogP contribution in [-0.2, 0) is 0 Å². The number of aliphatic hydroxyl groups excluding tert-OH is 4. The van der Waals surface area contributed by atoms with Gasteiger partial charge < -0.3 is 37.7 Å². The van der Waals surface area contributed by atoms with E-state index in [4.69, 9.17) is 5.11 Å². The fraction of sp³-hybridized carbons (Fsp3) is 0.778. The van der Waals surface area contributed by atoms with Crippen molar-refractivity contribution in [2.45, 2.75) is 24.4 Å². The molecule has 0 bridgehead atoms. The Morgan fingerprint density at radius 3 is 2.53 bits per heavy atom. The van der Waals surface area contributed by atoms with Crippen molar-refractivity contribution in [3.8, 4) is 0 Å². The highest BCUT2D eigenvalue weighted by Crippen LogP contribution is 2.07. The van der Waals surface area contributed by atoms with E-state index in [0.717, 1.165) is 4.90 Å². The second kappa shape index (κ2) is 6.42. The molecule has 90 valence electrons. The van der Waals surface area contributed by atoms with Crippen LogP contribution in [0.1, 0.15) is 0 Å². The minimum Gasteiger partial charge on any atom is -1.00 e. The van der Waals surface area contributed by atoms with Gasteiger partial charge in [0.2, 0.25) is 0 Å². The molecule has 1 aliphatic heterocycles. The Balaban J connectivity index is 0.00000196. The van der Waals surface area contributed by atoms with E-state index in [1.807, 2.05) is 0 Å². The van der Waals surface area contributed by atoms with Gasteiger partial charge in [0.05, 0.1) is 13.2 Å². The molecule has 1 heterocycles. The first kappa shape index (κ1) is 14.8. The van der Waals surface area contributed by atoms with Gasteiger partial charge in [0.15, 0.2) is 0 Å². The van der Waals surface area contributed by atoms with E-state index in [1.165, 1.54) is 0 Å². The number of halogens is 1. The Bertz CT molecular complexity index is 205. The number of likely N-dealkylation sites (tertiary alicyclic amines) is 1. The van der Waals surface area contributed by atoms with Crippen LogP contribution in [0.25, 0.3) is 0 Å². The summed E-state index contributed by atoms with van der Waals surface area (Å²) in [6.45, 7) is 4.08. The van der Waals surface area contributed by atoms with Gasteiger partial charge in [-0.1, -0.05) is 6.58 Å². The van der Waals surface area contributed by atoms with Crippen LogP contribution in [0.2, 0.25) is 0 Å². The van der Waals surface area contributed by atoms with Crippen LogP contribution in [-0.4, -0.2) is 64.5 Å². The zero-order valence-electron chi connectivity index (χ0n) is 8.38. The maximum atomic E-state index is 9.58. The van der Waals surface area contributed by atoms with Gasteiger partial charge in [-0.15, -0.1) is 0 Å². The molecule has 1 saturated heterocycles. The van der Waals surface area contributed by atoms with Gasteiger partial charge in [0.1, 0.15) is 30.9 Å². The summed E-state index contributed by atoms with van der Waals surface area (Å²) in [5, 5.41) is 37.3. The Labute approximate surface area is 95.1 Å². The lowest BCUT2D eigenvalue weighted by Crippen LogP contribution is -3.15. The van der Waals surface area contributed by atoms with Crippen LogP contribution < -0.4 is 17.3 Å². The molecule has 0 aromatic carbocycles. The van der Waals surface area contributed by atoms with Crippen molar-refractivity contribution in [2.24, 2.45) is 0 Å². The molecule has 6 heteroatoms. The molecule has 15 heavy (non-hydrogen) atoms. The van der Waals surface area contributed by atoms with E-state index in [2.05, 4.69) is 6.58 Å². The summed E-state index contributed by atoms with van der Waals surface area (Å²) in [6.07, 6.45) is -1.16. The number of nitrogens with one attached hydrogen (secondary N) is 1. The molecule has 0 aliphatic carbocycles. The second-order valence-electron chi connectivity index (χ2n) is 3.69. The average molecular weight is 240 g/mol. The molecule has 0 aromatic heterocycles. The fourth-order valence-electron chi connectivity index (χ4n) is 2.02. The van der Waals surface area contributed by atoms with Crippen LogP contribution >= 0.6 is 0 Å². The van der Waals surface area contributed by atoms with E-state index in [-0.39, 0.29) is 12.4 Å². The number of hydrogen-bond donors (Lipinski definition) is 5. The normalized spacial score (nSPS) is 37.1.